The van der Waals surface area contributed by atoms with E-state index in [9.17, 15) is 9.90 Å². The van der Waals surface area contributed by atoms with Crippen LogP contribution in [0.3, 0.4) is 0 Å². The van der Waals surface area contributed by atoms with E-state index in [4.69, 9.17) is 11.2 Å². The molecular weight excluding hydrogens is 350 g/mol. The zero-order valence-corrected chi connectivity index (χ0v) is 15.8. The van der Waals surface area contributed by atoms with E-state index in [2.05, 4.69) is 10.8 Å². The molecule has 0 unspecified atom stereocenters. The Morgan fingerprint density at radius 2 is 1.61 bits per heavy atom. The molecule has 3 atom stereocenters. The number of esters is 1. The average molecular weight is 375 g/mol. The highest BCUT2D eigenvalue weighted by Gasteiger charge is 2.47. The lowest BCUT2D eigenvalue weighted by atomic mass is 9.86. The van der Waals surface area contributed by atoms with E-state index in [1.807, 2.05) is 36.4 Å². The molecular formula is C24H25NO3. The van der Waals surface area contributed by atoms with Crippen LogP contribution in [0.4, 0.5) is 0 Å². The lowest BCUT2D eigenvalue weighted by molar-refractivity contribution is -0.173. The molecule has 2 aromatic rings. The third-order valence-corrected chi connectivity index (χ3v) is 6.12. The van der Waals surface area contributed by atoms with Crippen LogP contribution in [0, 0.1) is 12.3 Å². The SMILES string of the molecule is C#CCN1[C@H]2CC[C@@H]1[C@H](OC(=O)C(O)(c1ccccc1)c1ccccc1)CC2. The Morgan fingerprint density at radius 3 is 2.18 bits per heavy atom. The number of hydrogen-bond acceptors (Lipinski definition) is 4. The summed E-state index contributed by atoms with van der Waals surface area (Å²) >= 11 is 0. The quantitative estimate of drug-likeness (QED) is 0.645. The molecule has 0 aromatic heterocycles. The van der Waals surface area contributed by atoms with Crippen molar-refractivity contribution in [1.82, 2.24) is 4.90 Å². The number of hydrogen-bond donors (Lipinski definition) is 1. The van der Waals surface area contributed by atoms with Crippen molar-refractivity contribution < 1.29 is 14.6 Å². The lowest BCUT2D eigenvalue weighted by Crippen LogP contribution is -2.51. The number of piperidine rings is 1. The van der Waals surface area contributed by atoms with Crippen LogP contribution in [0.25, 0.3) is 0 Å². The van der Waals surface area contributed by atoms with E-state index in [0.717, 1.165) is 25.7 Å². The Kier molecular flexibility index (Phi) is 5.21. The third-order valence-electron chi connectivity index (χ3n) is 6.12. The number of nitrogens with zero attached hydrogens (tertiary/aromatic N) is 1. The van der Waals surface area contributed by atoms with Crippen molar-refractivity contribution in [3.05, 3.63) is 71.8 Å². The molecule has 2 aliphatic heterocycles. The van der Waals surface area contributed by atoms with Gasteiger partial charge in [-0.15, -0.1) is 6.42 Å². The Morgan fingerprint density at radius 1 is 1.04 bits per heavy atom. The first kappa shape index (κ1) is 18.7. The van der Waals surface area contributed by atoms with E-state index in [-0.39, 0.29) is 12.1 Å². The van der Waals surface area contributed by atoms with Crippen LogP contribution < -0.4 is 0 Å². The van der Waals surface area contributed by atoms with Gasteiger partial charge in [0.25, 0.3) is 0 Å². The van der Waals surface area contributed by atoms with Crippen LogP contribution >= 0.6 is 0 Å². The lowest BCUT2D eigenvalue weighted by Gasteiger charge is -2.39. The number of aliphatic hydroxyl groups is 1. The maximum absolute atomic E-state index is 13.3. The van der Waals surface area contributed by atoms with Gasteiger partial charge in [0.1, 0.15) is 6.10 Å². The van der Waals surface area contributed by atoms with Gasteiger partial charge in [-0.1, -0.05) is 66.6 Å². The minimum absolute atomic E-state index is 0.134. The van der Waals surface area contributed by atoms with Gasteiger partial charge < -0.3 is 9.84 Å². The first-order valence-corrected chi connectivity index (χ1v) is 9.88. The van der Waals surface area contributed by atoms with Crippen molar-refractivity contribution in [1.29, 1.82) is 0 Å². The highest BCUT2D eigenvalue weighted by molar-refractivity contribution is 5.85. The summed E-state index contributed by atoms with van der Waals surface area (Å²) in [6.07, 6.45) is 9.12. The summed E-state index contributed by atoms with van der Waals surface area (Å²) in [5.41, 5.74) is -0.826. The van der Waals surface area contributed by atoms with E-state index in [0.29, 0.717) is 23.7 Å². The smallest absolute Gasteiger partial charge is 0.348 e. The molecule has 0 spiro atoms. The molecule has 4 heteroatoms. The molecule has 2 bridgehead atoms. The molecule has 0 saturated carbocycles. The Balaban J connectivity index is 1.63. The summed E-state index contributed by atoms with van der Waals surface area (Å²) in [6, 6.07) is 18.6. The molecule has 0 radical (unpaired) electrons. The van der Waals surface area contributed by atoms with Crippen LogP contribution in [0.1, 0.15) is 36.8 Å². The van der Waals surface area contributed by atoms with Crippen LogP contribution in [0.5, 0.6) is 0 Å². The number of carbonyl (C=O) groups is 1. The van der Waals surface area contributed by atoms with Gasteiger partial charge in [-0.3, -0.25) is 4.90 Å². The van der Waals surface area contributed by atoms with E-state index in [1.165, 1.54) is 0 Å². The zero-order valence-electron chi connectivity index (χ0n) is 15.8. The molecule has 2 heterocycles. The molecule has 1 N–H and O–H groups in total. The van der Waals surface area contributed by atoms with Gasteiger partial charge >= 0.3 is 5.97 Å². The number of fused-ring (bicyclic) bond motifs is 2. The van der Waals surface area contributed by atoms with Crippen LogP contribution in [-0.2, 0) is 15.1 Å². The van der Waals surface area contributed by atoms with Gasteiger partial charge in [0.15, 0.2) is 0 Å². The molecule has 0 amide bonds. The summed E-state index contributed by atoms with van der Waals surface area (Å²) < 4.78 is 5.97. The van der Waals surface area contributed by atoms with E-state index < -0.39 is 11.6 Å². The van der Waals surface area contributed by atoms with Crippen LogP contribution in [-0.4, -0.2) is 40.7 Å². The van der Waals surface area contributed by atoms with Gasteiger partial charge in [-0.2, -0.15) is 0 Å². The monoisotopic (exact) mass is 375 g/mol. The zero-order chi connectivity index (χ0) is 19.6. The fraction of sp³-hybridized carbons (Fsp3) is 0.375. The highest BCUT2D eigenvalue weighted by atomic mass is 16.6. The summed E-state index contributed by atoms with van der Waals surface area (Å²) in [4.78, 5) is 15.6. The summed E-state index contributed by atoms with van der Waals surface area (Å²) in [6.45, 7) is 0.574. The topological polar surface area (TPSA) is 49.8 Å². The Hall–Kier alpha value is -2.61. The Labute approximate surface area is 166 Å². The van der Waals surface area contributed by atoms with Crippen molar-refractivity contribution in [2.45, 2.75) is 49.5 Å². The second kappa shape index (κ2) is 7.79. The van der Waals surface area contributed by atoms with Gasteiger partial charge in [0.2, 0.25) is 5.60 Å². The maximum Gasteiger partial charge on any atom is 0.348 e. The predicted molar refractivity (Wildman–Crippen MR) is 107 cm³/mol. The molecule has 4 rings (SSSR count). The Bertz CT molecular complexity index is 819. The molecule has 0 aliphatic carbocycles. The molecule has 2 saturated heterocycles. The highest BCUT2D eigenvalue weighted by Crippen LogP contribution is 2.39. The van der Waals surface area contributed by atoms with Gasteiger partial charge in [-0.05, 0) is 36.8 Å². The summed E-state index contributed by atoms with van der Waals surface area (Å²) in [7, 11) is 0. The first-order valence-electron chi connectivity index (χ1n) is 9.88. The maximum atomic E-state index is 13.3. The molecule has 2 aliphatic rings. The molecule has 2 aromatic carbocycles. The predicted octanol–water partition coefficient (Wildman–Crippen LogP) is 3.09. The van der Waals surface area contributed by atoms with Crippen molar-refractivity contribution in [3.63, 3.8) is 0 Å². The summed E-state index contributed by atoms with van der Waals surface area (Å²) in [5.74, 6) is 2.11. The standard InChI is InChI=1S/C24H25NO3/c1-2-17-25-20-13-15-21(25)22(16-14-20)28-23(26)24(27,18-9-5-3-6-10-18)19-11-7-4-8-12-19/h1,3-12,20-22,27H,13-17H2/t20-,21+,22+/m0/s1. The number of terminal acetylenes is 1. The summed E-state index contributed by atoms with van der Waals surface area (Å²) in [5, 5.41) is 11.6. The molecule has 28 heavy (non-hydrogen) atoms. The third kappa shape index (κ3) is 3.22. The number of ether oxygens (including phenoxy) is 1. The van der Waals surface area contributed by atoms with Crippen molar-refractivity contribution in [3.8, 4) is 12.3 Å². The van der Waals surface area contributed by atoms with Crippen LogP contribution in [0.2, 0.25) is 0 Å². The van der Waals surface area contributed by atoms with Gasteiger partial charge in [-0.25, -0.2) is 4.79 Å². The second-order valence-corrected chi connectivity index (χ2v) is 7.64. The van der Waals surface area contributed by atoms with Crippen molar-refractivity contribution in [2.24, 2.45) is 0 Å². The normalized spacial score (nSPS) is 24.5. The van der Waals surface area contributed by atoms with Crippen LogP contribution in [0.15, 0.2) is 60.7 Å². The van der Waals surface area contributed by atoms with Crippen molar-refractivity contribution >= 4 is 5.97 Å². The van der Waals surface area contributed by atoms with Gasteiger partial charge in [0, 0.05) is 12.1 Å². The minimum Gasteiger partial charge on any atom is -0.458 e. The van der Waals surface area contributed by atoms with E-state index >= 15 is 0 Å². The van der Waals surface area contributed by atoms with Crippen molar-refractivity contribution in [2.75, 3.05) is 6.54 Å². The first-order chi connectivity index (χ1) is 13.6. The fourth-order valence-electron chi connectivity index (χ4n) is 4.70. The largest absolute Gasteiger partial charge is 0.458 e. The molecule has 144 valence electrons. The average Bonchev–Trinajstić information content (AvgIpc) is 3.02. The fourth-order valence-corrected chi connectivity index (χ4v) is 4.70. The second-order valence-electron chi connectivity index (χ2n) is 7.64. The number of benzene rings is 2. The molecule has 2 fully saturated rings. The number of rotatable bonds is 5. The molecule has 4 nitrogen and oxygen atoms in total. The minimum atomic E-state index is -1.84. The van der Waals surface area contributed by atoms with Gasteiger partial charge in [0.05, 0.1) is 6.54 Å². The van der Waals surface area contributed by atoms with E-state index in [1.54, 1.807) is 24.3 Å². The number of carbonyl (C=O) groups excluding carboxylic acids is 1.